The first kappa shape index (κ1) is 19.6. The second-order valence-corrected chi connectivity index (χ2v) is 7.57. The summed E-state index contributed by atoms with van der Waals surface area (Å²) in [5.41, 5.74) is 2.08. The SMILES string of the molecule is CCN(C(=O)c1nc(C(=O)NCC2CCCO2)c2n1CCCC2)c1ccccc1. The quantitative estimate of drug-likeness (QED) is 0.815. The third kappa shape index (κ3) is 4.05. The molecule has 0 radical (unpaired) electrons. The summed E-state index contributed by atoms with van der Waals surface area (Å²) in [6, 6.07) is 9.58. The van der Waals surface area contributed by atoms with E-state index in [0.717, 1.165) is 56.6 Å². The van der Waals surface area contributed by atoms with Crippen LogP contribution in [0.15, 0.2) is 30.3 Å². The number of anilines is 1. The molecule has 3 heterocycles. The average Bonchev–Trinajstić information content (AvgIpc) is 3.41. The summed E-state index contributed by atoms with van der Waals surface area (Å²) >= 11 is 0. The van der Waals surface area contributed by atoms with Crippen molar-refractivity contribution in [3.8, 4) is 0 Å². The van der Waals surface area contributed by atoms with Gasteiger partial charge in [0.05, 0.1) is 11.8 Å². The van der Waals surface area contributed by atoms with Crippen LogP contribution in [0.25, 0.3) is 0 Å². The van der Waals surface area contributed by atoms with Crippen molar-refractivity contribution >= 4 is 17.5 Å². The van der Waals surface area contributed by atoms with Crippen LogP contribution in [0.2, 0.25) is 0 Å². The predicted molar refractivity (Wildman–Crippen MR) is 110 cm³/mol. The van der Waals surface area contributed by atoms with Crippen LogP contribution in [0.3, 0.4) is 0 Å². The lowest BCUT2D eigenvalue weighted by Gasteiger charge is -2.22. The molecule has 7 nitrogen and oxygen atoms in total. The van der Waals surface area contributed by atoms with Crippen LogP contribution < -0.4 is 10.2 Å². The summed E-state index contributed by atoms with van der Waals surface area (Å²) in [7, 11) is 0. The number of carbonyl (C=O) groups is 2. The van der Waals surface area contributed by atoms with Gasteiger partial charge in [-0.3, -0.25) is 9.59 Å². The molecule has 7 heteroatoms. The molecule has 29 heavy (non-hydrogen) atoms. The molecule has 1 N–H and O–H groups in total. The molecular formula is C22H28N4O3. The van der Waals surface area contributed by atoms with Crippen molar-refractivity contribution in [2.24, 2.45) is 0 Å². The fourth-order valence-electron chi connectivity index (χ4n) is 4.16. The Morgan fingerprint density at radius 3 is 2.79 bits per heavy atom. The number of rotatable bonds is 6. The molecule has 154 valence electrons. The van der Waals surface area contributed by atoms with Crippen LogP contribution in [0.5, 0.6) is 0 Å². The van der Waals surface area contributed by atoms with Crippen molar-refractivity contribution in [3.63, 3.8) is 0 Å². The van der Waals surface area contributed by atoms with Gasteiger partial charge in [-0.05, 0) is 51.2 Å². The Morgan fingerprint density at radius 1 is 1.24 bits per heavy atom. The van der Waals surface area contributed by atoms with Gasteiger partial charge in [0.25, 0.3) is 11.8 Å². The molecule has 2 aliphatic heterocycles. The predicted octanol–water partition coefficient (Wildman–Crippen LogP) is 2.79. The van der Waals surface area contributed by atoms with E-state index >= 15 is 0 Å². The van der Waals surface area contributed by atoms with E-state index in [2.05, 4.69) is 10.3 Å². The minimum Gasteiger partial charge on any atom is -0.376 e. The lowest BCUT2D eigenvalue weighted by atomic mass is 10.1. The van der Waals surface area contributed by atoms with Gasteiger partial charge in [-0.15, -0.1) is 0 Å². The Bertz CT molecular complexity index is 872. The van der Waals surface area contributed by atoms with Gasteiger partial charge in [0, 0.05) is 31.9 Å². The topological polar surface area (TPSA) is 76.5 Å². The van der Waals surface area contributed by atoms with Crippen LogP contribution in [0.4, 0.5) is 5.69 Å². The van der Waals surface area contributed by atoms with E-state index in [1.54, 1.807) is 4.90 Å². The first-order valence-corrected chi connectivity index (χ1v) is 10.5. The van der Waals surface area contributed by atoms with Gasteiger partial charge in [0.15, 0.2) is 0 Å². The molecule has 1 unspecified atom stereocenters. The highest BCUT2D eigenvalue weighted by atomic mass is 16.5. The summed E-state index contributed by atoms with van der Waals surface area (Å²) in [5.74, 6) is -0.0272. The number of fused-ring (bicyclic) bond motifs is 1. The number of aromatic nitrogens is 2. The van der Waals surface area contributed by atoms with Crippen LogP contribution in [0, 0.1) is 0 Å². The number of nitrogens with one attached hydrogen (secondary N) is 1. The Morgan fingerprint density at radius 2 is 2.07 bits per heavy atom. The van der Waals surface area contributed by atoms with Crippen LogP contribution >= 0.6 is 0 Å². The number of ether oxygens (including phenoxy) is 1. The summed E-state index contributed by atoms with van der Waals surface area (Å²) in [6.07, 6.45) is 4.83. The first-order chi connectivity index (χ1) is 14.2. The van der Waals surface area contributed by atoms with Gasteiger partial charge in [0.2, 0.25) is 5.82 Å². The number of para-hydroxylation sites is 1. The Hall–Kier alpha value is -2.67. The highest BCUT2D eigenvalue weighted by Gasteiger charge is 2.30. The van der Waals surface area contributed by atoms with Crippen LogP contribution in [-0.4, -0.2) is 47.2 Å². The molecule has 2 aromatic rings. The summed E-state index contributed by atoms with van der Waals surface area (Å²) < 4.78 is 7.53. The Balaban J connectivity index is 1.60. The molecule has 1 saturated heterocycles. The molecular weight excluding hydrogens is 368 g/mol. The van der Waals surface area contributed by atoms with E-state index in [4.69, 9.17) is 4.74 Å². The molecule has 0 spiro atoms. The molecule has 2 amide bonds. The maximum atomic E-state index is 13.3. The second kappa shape index (κ2) is 8.78. The van der Waals surface area contributed by atoms with Gasteiger partial charge >= 0.3 is 0 Å². The highest BCUT2D eigenvalue weighted by molar-refractivity contribution is 6.05. The highest BCUT2D eigenvalue weighted by Crippen LogP contribution is 2.24. The standard InChI is InChI=1S/C22H28N4O3/c1-2-25(16-9-4-3-5-10-16)22(28)20-24-19(18-12-6-7-13-26(18)20)21(27)23-15-17-11-8-14-29-17/h3-5,9-10,17H,2,6-8,11-15H2,1H3,(H,23,27). The van der Waals surface area contributed by atoms with Crippen LogP contribution in [0.1, 0.15) is 59.4 Å². The molecule has 1 fully saturated rings. The van der Waals surface area contributed by atoms with Crippen molar-refractivity contribution in [3.05, 3.63) is 47.5 Å². The minimum absolute atomic E-state index is 0.0761. The number of benzene rings is 1. The fraction of sp³-hybridized carbons (Fsp3) is 0.500. The van der Waals surface area contributed by atoms with E-state index in [9.17, 15) is 9.59 Å². The molecule has 1 aromatic carbocycles. The van der Waals surface area contributed by atoms with Crippen molar-refractivity contribution in [1.29, 1.82) is 0 Å². The van der Waals surface area contributed by atoms with Gasteiger partial charge in [-0.1, -0.05) is 18.2 Å². The summed E-state index contributed by atoms with van der Waals surface area (Å²) in [4.78, 5) is 32.5. The van der Waals surface area contributed by atoms with E-state index in [1.807, 2.05) is 41.8 Å². The monoisotopic (exact) mass is 396 g/mol. The number of nitrogens with zero attached hydrogens (tertiary/aromatic N) is 3. The summed E-state index contributed by atoms with van der Waals surface area (Å²) in [5, 5.41) is 2.95. The lowest BCUT2D eigenvalue weighted by molar-refractivity contribution is 0.0853. The van der Waals surface area contributed by atoms with Crippen molar-refractivity contribution < 1.29 is 14.3 Å². The van der Waals surface area contributed by atoms with Crippen molar-refractivity contribution in [2.45, 2.75) is 51.7 Å². The molecule has 1 atom stereocenters. The molecule has 0 bridgehead atoms. The molecule has 0 saturated carbocycles. The second-order valence-electron chi connectivity index (χ2n) is 7.57. The van der Waals surface area contributed by atoms with E-state index in [-0.39, 0.29) is 17.9 Å². The number of carbonyl (C=O) groups excluding carboxylic acids is 2. The Labute approximate surface area is 171 Å². The normalized spacial score (nSPS) is 18.3. The number of hydrogen-bond acceptors (Lipinski definition) is 4. The zero-order chi connectivity index (χ0) is 20.2. The molecule has 1 aromatic heterocycles. The van der Waals surface area contributed by atoms with Gasteiger partial charge < -0.3 is 19.5 Å². The third-order valence-electron chi connectivity index (χ3n) is 5.67. The van der Waals surface area contributed by atoms with Crippen LogP contribution in [-0.2, 0) is 17.7 Å². The minimum atomic E-state index is -0.215. The molecule has 4 rings (SSSR count). The van der Waals surface area contributed by atoms with Gasteiger partial charge in [-0.2, -0.15) is 0 Å². The number of imidazole rings is 1. The molecule has 0 aliphatic carbocycles. The zero-order valence-electron chi connectivity index (χ0n) is 16.9. The Kier molecular flexibility index (Phi) is 5.94. The molecule has 2 aliphatic rings. The zero-order valence-corrected chi connectivity index (χ0v) is 16.9. The first-order valence-electron chi connectivity index (χ1n) is 10.5. The maximum absolute atomic E-state index is 13.3. The average molecular weight is 396 g/mol. The number of hydrogen-bond donors (Lipinski definition) is 1. The van der Waals surface area contributed by atoms with Gasteiger partial charge in [0.1, 0.15) is 5.69 Å². The van der Waals surface area contributed by atoms with E-state index in [1.165, 1.54) is 0 Å². The largest absolute Gasteiger partial charge is 0.376 e. The van der Waals surface area contributed by atoms with E-state index < -0.39 is 0 Å². The van der Waals surface area contributed by atoms with Crippen molar-refractivity contribution in [2.75, 3.05) is 24.6 Å². The third-order valence-corrected chi connectivity index (χ3v) is 5.67. The van der Waals surface area contributed by atoms with Crippen molar-refractivity contribution in [1.82, 2.24) is 14.9 Å². The van der Waals surface area contributed by atoms with E-state index in [0.29, 0.717) is 24.6 Å². The number of amides is 2. The smallest absolute Gasteiger partial charge is 0.294 e. The maximum Gasteiger partial charge on any atom is 0.294 e. The lowest BCUT2D eigenvalue weighted by Crippen LogP contribution is -2.33. The summed E-state index contributed by atoms with van der Waals surface area (Å²) in [6.45, 7) is 4.44. The van der Waals surface area contributed by atoms with Gasteiger partial charge in [-0.25, -0.2) is 4.98 Å². The fourth-order valence-corrected chi connectivity index (χ4v) is 4.16.